The van der Waals surface area contributed by atoms with E-state index in [0.717, 1.165) is 41.9 Å². The van der Waals surface area contributed by atoms with E-state index in [2.05, 4.69) is 13.8 Å². The van der Waals surface area contributed by atoms with Crippen LogP contribution in [-0.2, 0) is 19.3 Å². The van der Waals surface area contributed by atoms with Crippen molar-refractivity contribution in [1.29, 1.82) is 0 Å². The van der Waals surface area contributed by atoms with Crippen molar-refractivity contribution in [3.63, 3.8) is 0 Å². The number of rotatable bonds is 0. The molecule has 1 unspecified atom stereocenters. The van der Waals surface area contributed by atoms with Gasteiger partial charge in [0.2, 0.25) is 0 Å². The summed E-state index contributed by atoms with van der Waals surface area (Å²) in [7, 11) is 0. The van der Waals surface area contributed by atoms with Gasteiger partial charge in [0.1, 0.15) is 11.5 Å². The van der Waals surface area contributed by atoms with Crippen LogP contribution in [0.5, 0.6) is 0 Å². The van der Waals surface area contributed by atoms with E-state index in [9.17, 15) is 9.90 Å². The summed E-state index contributed by atoms with van der Waals surface area (Å²) in [5, 5.41) is 9.61. The van der Waals surface area contributed by atoms with Gasteiger partial charge in [0.25, 0.3) is 0 Å². The first-order valence-electron chi connectivity index (χ1n) is 6.31. The molecular weight excluding hydrogens is 216 g/mol. The van der Waals surface area contributed by atoms with Crippen molar-refractivity contribution in [2.24, 2.45) is 5.41 Å². The van der Waals surface area contributed by atoms with Crippen molar-refractivity contribution in [2.75, 3.05) is 0 Å². The Balaban J connectivity index is 2.09. The molecular formula is C14H18O3. The Morgan fingerprint density at radius 1 is 1.29 bits per heavy atom. The van der Waals surface area contributed by atoms with E-state index in [1.54, 1.807) is 0 Å². The number of ketones is 1. The highest BCUT2D eigenvalue weighted by Gasteiger charge is 2.36. The highest BCUT2D eigenvalue weighted by Crippen LogP contribution is 2.40. The number of Topliss-reactive ketones (excluding diaryl/α,β-unsaturated/α-hetero) is 1. The molecule has 3 heteroatoms. The molecule has 92 valence electrons. The maximum absolute atomic E-state index is 12.0. The number of hydrogen-bond donors (Lipinski definition) is 1. The van der Waals surface area contributed by atoms with Gasteiger partial charge in [-0.3, -0.25) is 4.79 Å². The lowest BCUT2D eigenvalue weighted by atomic mass is 9.74. The Bertz CT molecular complexity index is 482. The number of aryl methyl sites for hydroxylation is 1. The summed E-state index contributed by atoms with van der Waals surface area (Å²) in [5.74, 6) is 1.76. The molecule has 0 aromatic carbocycles. The predicted octanol–water partition coefficient (Wildman–Crippen LogP) is 2.28. The van der Waals surface area contributed by atoms with E-state index in [0.29, 0.717) is 6.42 Å². The molecule has 0 amide bonds. The standard InChI is InChI=1S/C14H18O3/c1-14(2)4-3-11-9(7-14)13-10(16)5-8(15)6-12(13)17-11/h8,15H,3-7H2,1-2H3. The van der Waals surface area contributed by atoms with Crippen LogP contribution in [0.25, 0.3) is 0 Å². The van der Waals surface area contributed by atoms with Crippen molar-refractivity contribution >= 4 is 5.78 Å². The van der Waals surface area contributed by atoms with Gasteiger partial charge < -0.3 is 9.52 Å². The second kappa shape index (κ2) is 3.45. The topological polar surface area (TPSA) is 50.4 Å². The maximum atomic E-state index is 12.0. The average Bonchev–Trinajstić information content (AvgIpc) is 2.53. The van der Waals surface area contributed by atoms with Crippen LogP contribution in [0.2, 0.25) is 0 Å². The van der Waals surface area contributed by atoms with Crippen LogP contribution in [0.4, 0.5) is 0 Å². The van der Waals surface area contributed by atoms with E-state index in [4.69, 9.17) is 4.42 Å². The minimum Gasteiger partial charge on any atom is -0.465 e. The lowest BCUT2D eigenvalue weighted by Crippen LogP contribution is -2.26. The lowest BCUT2D eigenvalue weighted by molar-refractivity contribution is 0.0837. The third kappa shape index (κ3) is 1.73. The zero-order chi connectivity index (χ0) is 12.2. The minimum atomic E-state index is -0.560. The third-order valence-electron chi connectivity index (χ3n) is 3.97. The van der Waals surface area contributed by atoms with Gasteiger partial charge in [0.15, 0.2) is 5.78 Å². The summed E-state index contributed by atoms with van der Waals surface area (Å²) in [5.41, 5.74) is 2.16. The fraction of sp³-hybridized carbons (Fsp3) is 0.643. The first-order valence-corrected chi connectivity index (χ1v) is 6.31. The average molecular weight is 234 g/mol. The quantitative estimate of drug-likeness (QED) is 0.749. The Morgan fingerprint density at radius 2 is 2.06 bits per heavy atom. The van der Waals surface area contributed by atoms with Crippen LogP contribution in [-0.4, -0.2) is 17.0 Å². The van der Waals surface area contributed by atoms with Gasteiger partial charge in [-0.15, -0.1) is 0 Å². The molecule has 1 heterocycles. The van der Waals surface area contributed by atoms with E-state index < -0.39 is 6.10 Å². The Hall–Kier alpha value is -1.09. The van der Waals surface area contributed by atoms with Crippen molar-refractivity contribution in [2.45, 2.75) is 52.1 Å². The van der Waals surface area contributed by atoms with Gasteiger partial charge in [-0.05, 0) is 18.3 Å². The second-order valence-electron chi connectivity index (χ2n) is 6.13. The molecule has 0 radical (unpaired) electrons. The first-order chi connectivity index (χ1) is 7.96. The molecule has 2 aliphatic carbocycles. The summed E-state index contributed by atoms with van der Waals surface area (Å²) < 4.78 is 5.78. The molecule has 1 aromatic rings. The third-order valence-corrected chi connectivity index (χ3v) is 3.97. The minimum absolute atomic E-state index is 0.0569. The monoisotopic (exact) mass is 234 g/mol. The first kappa shape index (κ1) is 11.0. The molecule has 17 heavy (non-hydrogen) atoms. The van der Waals surface area contributed by atoms with Gasteiger partial charge in [0.05, 0.1) is 11.7 Å². The van der Waals surface area contributed by atoms with Crippen molar-refractivity contribution in [3.8, 4) is 0 Å². The highest BCUT2D eigenvalue weighted by molar-refractivity contribution is 6.00. The number of hydrogen-bond acceptors (Lipinski definition) is 3. The predicted molar refractivity (Wildman–Crippen MR) is 63.2 cm³/mol. The van der Waals surface area contributed by atoms with Crippen LogP contribution in [0, 0.1) is 5.41 Å². The zero-order valence-corrected chi connectivity index (χ0v) is 10.4. The molecule has 2 aliphatic rings. The molecule has 0 fully saturated rings. The smallest absolute Gasteiger partial charge is 0.169 e. The largest absolute Gasteiger partial charge is 0.465 e. The lowest BCUT2D eigenvalue weighted by Gasteiger charge is -2.29. The van der Waals surface area contributed by atoms with E-state index >= 15 is 0 Å². The molecule has 0 saturated heterocycles. The molecule has 1 atom stereocenters. The van der Waals surface area contributed by atoms with Gasteiger partial charge in [0, 0.05) is 24.8 Å². The molecule has 1 aromatic heterocycles. The normalized spacial score (nSPS) is 26.5. The zero-order valence-electron chi connectivity index (χ0n) is 10.4. The molecule has 1 N–H and O–H groups in total. The number of aliphatic hydroxyl groups excluding tert-OH is 1. The summed E-state index contributed by atoms with van der Waals surface area (Å²) in [6, 6.07) is 0. The Kier molecular flexibility index (Phi) is 2.24. The van der Waals surface area contributed by atoms with Gasteiger partial charge >= 0.3 is 0 Å². The molecule has 0 bridgehead atoms. The van der Waals surface area contributed by atoms with Crippen LogP contribution in [0.1, 0.15) is 54.1 Å². The van der Waals surface area contributed by atoms with Crippen molar-refractivity contribution in [3.05, 3.63) is 22.6 Å². The Morgan fingerprint density at radius 3 is 2.82 bits per heavy atom. The number of fused-ring (bicyclic) bond motifs is 3. The molecule has 0 aliphatic heterocycles. The van der Waals surface area contributed by atoms with Gasteiger partial charge in [-0.25, -0.2) is 0 Å². The van der Waals surface area contributed by atoms with Crippen LogP contribution >= 0.6 is 0 Å². The van der Waals surface area contributed by atoms with Crippen LogP contribution in [0.15, 0.2) is 4.42 Å². The molecule has 3 nitrogen and oxygen atoms in total. The summed E-state index contributed by atoms with van der Waals surface area (Å²) in [6.07, 6.45) is 3.12. The number of aliphatic hydroxyl groups is 1. The van der Waals surface area contributed by atoms with Crippen LogP contribution < -0.4 is 0 Å². The Labute approximate surface area is 101 Å². The highest BCUT2D eigenvalue weighted by atomic mass is 16.3. The second-order valence-corrected chi connectivity index (χ2v) is 6.13. The fourth-order valence-electron chi connectivity index (χ4n) is 3.05. The SMILES string of the molecule is CC1(C)CCc2oc3c(c2C1)C(=O)CC(O)C3. The number of carbonyl (C=O) groups excluding carboxylic acids is 1. The fourth-order valence-corrected chi connectivity index (χ4v) is 3.05. The van der Waals surface area contributed by atoms with Crippen LogP contribution in [0.3, 0.4) is 0 Å². The van der Waals surface area contributed by atoms with E-state index in [-0.39, 0.29) is 17.6 Å². The summed E-state index contributed by atoms with van der Waals surface area (Å²) in [6.45, 7) is 4.47. The maximum Gasteiger partial charge on any atom is 0.169 e. The molecule has 0 spiro atoms. The molecule has 3 rings (SSSR count). The number of carbonyl (C=O) groups is 1. The number of furan rings is 1. The summed E-state index contributed by atoms with van der Waals surface area (Å²) in [4.78, 5) is 12.0. The van der Waals surface area contributed by atoms with Crippen molar-refractivity contribution < 1.29 is 14.3 Å². The van der Waals surface area contributed by atoms with Gasteiger partial charge in [-0.1, -0.05) is 13.8 Å². The van der Waals surface area contributed by atoms with Crippen molar-refractivity contribution in [1.82, 2.24) is 0 Å². The molecule has 0 saturated carbocycles. The van der Waals surface area contributed by atoms with Gasteiger partial charge in [-0.2, -0.15) is 0 Å². The van der Waals surface area contributed by atoms with E-state index in [1.165, 1.54) is 0 Å². The summed E-state index contributed by atoms with van der Waals surface area (Å²) >= 11 is 0. The van der Waals surface area contributed by atoms with E-state index in [1.807, 2.05) is 0 Å².